The fourth-order valence-corrected chi connectivity index (χ4v) is 3.38. The third-order valence-corrected chi connectivity index (χ3v) is 4.96. The van der Waals surface area contributed by atoms with E-state index < -0.39 is 5.82 Å². The zero-order chi connectivity index (χ0) is 22.9. The highest BCUT2D eigenvalue weighted by Gasteiger charge is 2.15. The minimum absolute atomic E-state index is 0.227. The summed E-state index contributed by atoms with van der Waals surface area (Å²) in [6.07, 6.45) is 3.96. The minimum atomic E-state index is -0.445. The molecular formula is C27H23ClFNO2. The molecule has 3 aromatic rings. The van der Waals surface area contributed by atoms with E-state index in [1.165, 1.54) is 6.07 Å². The number of hydrogen-bond donors (Lipinski definition) is 0. The van der Waals surface area contributed by atoms with Crippen molar-refractivity contribution in [1.29, 1.82) is 5.26 Å². The molecule has 0 saturated heterocycles. The second-order valence-corrected chi connectivity index (χ2v) is 7.43. The van der Waals surface area contributed by atoms with Crippen molar-refractivity contribution in [3.63, 3.8) is 0 Å². The lowest BCUT2D eigenvalue weighted by Gasteiger charge is -2.17. The summed E-state index contributed by atoms with van der Waals surface area (Å²) in [4.78, 5) is 0. The third kappa shape index (κ3) is 5.78. The van der Waals surface area contributed by atoms with Gasteiger partial charge in [0, 0.05) is 16.1 Å². The average Bonchev–Trinajstić information content (AvgIpc) is 2.79. The van der Waals surface area contributed by atoms with Crippen molar-refractivity contribution in [2.24, 2.45) is 0 Å². The molecule has 5 heteroatoms. The van der Waals surface area contributed by atoms with Gasteiger partial charge in [-0.1, -0.05) is 48.0 Å². The molecular weight excluding hydrogens is 425 g/mol. The van der Waals surface area contributed by atoms with Crippen LogP contribution < -0.4 is 9.47 Å². The number of rotatable bonds is 9. The van der Waals surface area contributed by atoms with Crippen molar-refractivity contribution in [2.75, 3.05) is 6.61 Å². The highest BCUT2D eigenvalue weighted by molar-refractivity contribution is 6.30. The Morgan fingerprint density at radius 1 is 1.12 bits per heavy atom. The molecule has 3 rings (SSSR count). The SMILES string of the molecule is C=CCc1cc(C=C(C#N)c2ccccc2F)cc(OCC)c1OCc1ccc(Cl)cc1. The van der Waals surface area contributed by atoms with Crippen LogP contribution in [0.1, 0.15) is 29.2 Å². The number of hydrogen-bond acceptors (Lipinski definition) is 3. The predicted molar refractivity (Wildman–Crippen MR) is 127 cm³/mol. The molecule has 0 N–H and O–H groups in total. The van der Waals surface area contributed by atoms with Gasteiger partial charge in [0.1, 0.15) is 12.4 Å². The summed E-state index contributed by atoms with van der Waals surface area (Å²) < 4.78 is 26.2. The van der Waals surface area contributed by atoms with Crippen LogP contribution in [0.5, 0.6) is 11.5 Å². The Balaban J connectivity index is 2.01. The predicted octanol–water partition coefficient (Wildman–Crippen LogP) is 7.25. The van der Waals surface area contributed by atoms with Crippen molar-refractivity contribution < 1.29 is 13.9 Å². The van der Waals surface area contributed by atoms with E-state index in [4.69, 9.17) is 21.1 Å². The standard InChI is InChI=1S/C27H23ClFNO2/c1-3-7-21-14-20(15-22(17-30)24-8-5-6-9-25(24)29)16-26(31-4-2)27(21)32-18-19-10-12-23(28)13-11-19/h3,5-6,8-16H,1,4,7,18H2,2H3. The van der Waals surface area contributed by atoms with Crippen LogP contribution >= 0.6 is 11.6 Å². The van der Waals surface area contributed by atoms with E-state index in [1.54, 1.807) is 36.4 Å². The van der Waals surface area contributed by atoms with E-state index in [0.717, 1.165) is 11.1 Å². The zero-order valence-corrected chi connectivity index (χ0v) is 18.5. The van der Waals surface area contributed by atoms with E-state index in [0.29, 0.717) is 41.7 Å². The van der Waals surface area contributed by atoms with Gasteiger partial charge >= 0.3 is 0 Å². The van der Waals surface area contributed by atoms with Crippen molar-refractivity contribution in [3.05, 3.63) is 106 Å². The van der Waals surface area contributed by atoms with Gasteiger partial charge in [-0.3, -0.25) is 0 Å². The first kappa shape index (κ1) is 23.1. The van der Waals surface area contributed by atoms with Crippen molar-refractivity contribution in [2.45, 2.75) is 20.0 Å². The molecule has 0 fully saturated rings. The molecule has 3 nitrogen and oxygen atoms in total. The van der Waals surface area contributed by atoms with Crippen LogP contribution in [0.3, 0.4) is 0 Å². The molecule has 0 radical (unpaired) electrons. The maximum Gasteiger partial charge on any atom is 0.165 e. The third-order valence-electron chi connectivity index (χ3n) is 4.71. The Bertz CT molecular complexity index is 1160. The van der Waals surface area contributed by atoms with Crippen molar-refractivity contribution >= 4 is 23.3 Å². The number of halogens is 2. The Hall–Kier alpha value is -3.55. The molecule has 0 aliphatic heterocycles. The first-order valence-electron chi connectivity index (χ1n) is 10.2. The van der Waals surface area contributed by atoms with Crippen LogP contribution in [0.25, 0.3) is 11.6 Å². The first-order valence-corrected chi connectivity index (χ1v) is 10.6. The maximum atomic E-state index is 14.2. The average molecular weight is 448 g/mol. The molecule has 0 aliphatic carbocycles. The largest absolute Gasteiger partial charge is 0.490 e. The van der Waals surface area contributed by atoms with Gasteiger partial charge in [-0.05, 0) is 60.9 Å². The van der Waals surface area contributed by atoms with Gasteiger partial charge in [-0.25, -0.2) is 4.39 Å². The molecule has 0 aliphatic rings. The Labute approximate surface area is 193 Å². The molecule has 0 unspecified atom stereocenters. The smallest absolute Gasteiger partial charge is 0.165 e. The van der Waals surface area contributed by atoms with Gasteiger partial charge in [-0.2, -0.15) is 5.26 Å². The lowest BCUT2D eigenvalue weighted by molar-refractivity contribution is 0.267. The van der Waals surface area contributed by atoms with Crippen LogP contribution in [0.4, 0.5) is 4.39 Å². The molecule has 0 heterocycles. The number of nitrogens with zero attached hydrogens (tertiary/aromatic N) is 1. The first-order chi connectivity index (χ1) is 15.5. The van der Waals surface area contributed by atoms with E-state index in [-0.39, 0.29) is 11.1 Å². The number of allylic oxidation sites excluding steroid dienone is 2. The monoisotopic (exact) mass is 447 g/mol. The molecule has 0 bridgehead atoms. The molecule has 0 aromatic heterocycles. The summed E-state index contributed by atoms with van der Waals surface area (Å²) in [6, 6.07) is 19.4. The second-order valence-electron chi connectivity index (χ2n) is 7.00. The molecule has 3 aromatic carbocycles. The number of nitriles is 1. The maximum absolute atomic E-state index is 14.2. The molecule has 162 valence electrons. The summed E-state index contributed by atoms with van der Waals surface area (Å²) in [5.74, 6) is 0.723. The van der Waals surface area contributed by atoms with Crippen LogP contribution in [-0.4, -0.2) is 6.61 Å². The Kier molecular flexibility index (Phi) is 8.08. The molecule has 0 atom stereocenters. The summed E-state index contributed by atoms with van der Waals surface area (Å²) >= 11 is 5.96. The van der Waals surface area contributed by atoms with Crippen LogP contribution in [-0.2, 0) is 13.0 Å². The van der Waals surface area contributed by atoms with Gasteiger partial charge in [0.2, 0.25) is 0 Å². The number of ether oxygens (including phenoxy) is 2. The number of benzene rings is 3. The van der Waals surface area contributed by atoms with Crippen molar-refractivity contribution in [3.8, 4) is 17.6 Å². The fourth-order valence-electron chi connectivity index (χ4n) is 3.25. The quantitative estimate of drug-likeness (QED) is 0.197. The Morgan fingerprint density at radius 2 is 1.88 bits per heavy atom. The van der Waals surface area contributed by atoms with Gasteiger partial charge < -0.3 is 9.47 Å². The van der Waals surface area contributed by atoms with Crippen molar-refractivity contribution in [1.82, 2.24) is 0 Å². The minimum Gasteiger partial charge on any atom is -0.490 e. The van der Waals surface area contributed by atoms with Crippen LogP contribution in [0, 0.1) is 17.1 Å². The fraction of sp³-hybridized carbons (Fsp3) is 0.148. The second kappa shape index (κ2) is 11.2. The summed E-state index contributed by atoms with van der Waals surface area (Å²) in [6.45, 7) is 6.51. The van der Waals surface area contributed by atoms with Gasteiger partial charge in [0.15, 0.2) is 11.5 Å². The van der Waals surface area contributed by atoms with E-state index in [2.05, 4.69) is 12.6 Å². The van der Waals surface area contributed by atoms with Crippen LogP contribution in [0.15, 0.2) is 73.3 Å². The van der Waals surface area contributed by atoms with Gasteiger partial charge in [-0.15, -0.1) is 6.58 Å². The topological polar surface area (TPSA) is 42.2 Å². The molecule has 0 amide bonds. The lowest BCUT2D eigenvalue weighted by Crippen LogP contribution is -2.03. The molecule has 32 heavy (non-hydrogen) atoms. The summed E-state index contributed by atoms with van der Waals surface area (Å²) in [5.41, 5.74) is 3.02. The van der Waals surface area contributed by atoms with Gasteiger partial charge in [0.05, 0.1) is 18.2 Å². The zero-order valence-electron chi connectivity index (χ0n) is 17.8. The van der Waals surface area contributed by atoms with Crippen LogP contribution in [0.2, 0.25) is 5.02 Å². The van der Waals surface area contributed by atoms with E-state index in [1.807, 2.05) is 37.3 Å². The Morgan fingerprint density at radius 3 is 2.53 bits per heavy atom. The summed E-state index contributed by atoms with van der Waals surface area (Å²) in [5, 5.41) is 10.3. The highest BCUT2D eigenvalue weighted by atomic mass is 35.5. The molecule has 0 spiro atoms. The van der Waals surface area contributed by atoms with Gasteiger partial charge in [0.25, 0.3) is 0 Å². The normalized spacial score (nSPS) is 11.0. The van der Waals surface area contributed by atoms with E-state index in [9.17, 15) is 9.65 Å². The van der Waals surface area contributed by atoms with E-state index >= 15 is 0 Å². The molecule has 0 saturated carbocycles. The highest BCUT2D eigenvalue weighted by Crippen LogP contribution is 2.36. The lowest BCUT2D eigenvalue weighted by atomic mass is 10.0. The summed E-state index contributed by atoms with van der Waals surface area (Å²) in [7, 11) is 0.